The van der Waals surface area contributed by atoms with Crippen molar-refractivity contribution in [1.29, 1.82) is 0 Å². The van der Waals surface area contributed by atoms with E-state index in [1.54, 1.807) is 6.20 Å². The summed E-state index contributed by atoms with van der Waals surface area (Å²) in [5.41, 5.74) is 7.66. The molecule has 17 heavy (non-hydrogen) atoms. The fourth-order valence-electron chi connectivity index (χ4n) is 1.37. The first-order chi connectivity index (χ1) is 8.11. The quantitative estimate of drug-likeness (QED) is 0.715. The minimum atomic E-state index is 0.682. The number of anilines is 2. The van der Waals surface area contributed by atoms with Crippen molar-refractivity contribution in [1.82, 2.24) is 4.98 Å². The second-order valence-electron chi connectivity index (χ2n) is 4.61. The summed E-state index contributed by atoms with van der Waals surface area (Å²) in [6.07, 6.45) is 2.86. The molecule has 0 aromatic carbocycles. The van der Waals surface area contributed by atoms with Gasteiger partial charge in [-0.05, 0) is 30.9 Å². The molecule has 0 fully saturated rings. The van der Waals surface area contributed by atoms with E-state index in [0.29, 0.717) is 12.5 Å². The average molecular weight is 237 g/mol. The Morgan fingerprint density at radius 2 is 2.18 bits per heavy atom. The van der Waals surface area contributed by atoms with Gasteiger partial charge in [0, 0.05) is 19.3 Å². The molecule has 0 aliphatic rings. The van der Waals surface area contributed by atoms with Crippen LogP contribution in [-0.4, -0.2) is 24.7 Å². The van der Waals surface area contributed by atoms with Gasteiger partial charge in [-0.3, -0.25) is 0 Å². The van der Waals surface area contributed by atoms with Crippen LogP contribution in [0.4, 0.5) is 11.5 Å². The highest BCUT2D eigenvalue weighted by Gasteiger charge is 2.01. The third-order valence-corrected chi connectivity index (χ3v) is 2.59. The molecule has 1 aromatic rings. The number of nitrogen functional groups attached to an aromatic ring is 1. The Kier molecular flexibility index (Phi) is 5.77. The van der Waals surface area contributed by atoms with E-state index in [4.69, 9.17) is 10.5 Å². The number of pyridine rings is 1. The third kappa shape index (κ3) is 5.04. The fraction of sp³-hybridized carbons (Fsp3) is 0.615. The van der Waals surface area contributed by atoms with Crippen molar-refractivity contribution in [2.45, 2.75) is 27.2 Å². The molecule has 96 valence electrons. The summed E-state index contributed by atoms with van der Waals surface area (Å²) < 4.78 is 5.51. The fourth-order valence-corrected chi connectivity index (χ4v) is 1.37. The van der Waals surface area contributed by atoms with Gasteiger partial charge in [0.15, 0.2) is 0 Å². The molecule has 0 bridgehead atoms. The highest BCUT2D eigenvalue weighted by atomic mass is 16.5. The lowest BCUT2D eigenvalue weighted by Gasteiger charge is -2.10. The Labute approximate surface area is 104 Å². The topological polar surface area (TPSA) is 60.2 Å². The van der Waals surface area contributed by atoms with Crippen LogP contribution in [0.15, 0.2) is 12.3 Å². The van der Waals surface area contributed by atoms with Gasteiger partial charge in [-0.1, -0.05) is 13.8 Å². The molecule has 0 radical (unpaired) electrons. The molecule has 1 aromatic heterocycles. The van der Waals surface area contributed by atoms with Gasteiger partial charge in [-0.2, -0.15) is 0 Å². The largest absolute Gasteiger partial charge is 0.396 e. The summed E-state index contributed by atoms with van der Waals surface area (Å²) in [7, 11) is 0. The van der Waals surface area contributed by atoms with Gasteiger partial charge in [0.2, 0.25) is 0 Å². The first kappa shape index (κ1) is 13.8. The molecule has 4 heteroatoms. The van der Waals surface area contributed by atoms with Crippen LogP contribution in [0, 0.1) is 12.8 Å². The zero-order valence-corrected chi connectivity index (χ0v) is 11.0. The van der Waals surface area contributed by atoms with Gasteiger partial charge in [0.25, 0.3) is 0 Å². The molecule has 0 atom stereocenters. The van der Waals surface area contributed by atoms with Crippen LogP contribution < -0.4 is 11.1 Å². The summed E-state index contributed by atoms with van der Waals surface area (Å²) in [4.78, 5) is 4.19. The van der Waals surface area contributed by atoms with E-state index in [1.165, 1.54) is 0 Å². The van der Waals surface area contributed by atoms with E-state index in [2.05, 4.69) is 24.1 Å². The van der Waals surface area contributed by atoms with Crippen LogP contribution in [0.5, 0.6) is 0 Å². The van der Waals surface area contributed by atoms with Crippen molar-refractivity contribution in [2.24, 2.45) is 5.92 Å². The molecule has 0 unspecified atom stereocenters. The van der Waals surface area contributed by atoms with Crippen molar-refractivity contribution in [3.8, 4) is 0 Å². The first-order valence-corrected chi connectivity index (χ1v) is 6.14. The smallest absolute Gasteiger partial charge is 0.149 e. The Balaban J connectivity index is 2.20. The predicted molar refractivity (Wildman–Crippen MR) is 72.2 cm³/mol. The molecule has 3 N–H and O–H groups in total. The molecule has 0 amide bonds. The van der Waals surface area contributed by atoms with Crippen LogP contribution in [0.2, 0.25) is 0 Å². The number of aryl methyl sites for hydroxylation is 1. The van der Waals surface area contributed by atoms with E-state index in [0.717, 1.165) is 36.6 Å². The number of nitrogens with two attached hydrogens (primary N) is 1. The van der Waals surface area contributed by atoms with E-state index >= 15 is 0 Å². The molecule has 0 aliphatic heterocycles. The van der Waals surface area contributed by atoms with Crippen LogP contribution in [0.3, 0.4) is 0 Å². The molecular formula is C13H23N3O. The van der Waals surface area contributed by atoms with Gasteiger partial charge >= 0.3 is 0 Å². The highest BCUT2D eigenvalue weighted by Crippen LogP contribution is 2.17. The number of hydrogen-bond acceptors (Lipinski definition) is 4. The van der Waals surface area contributed by atoms with Gasteiger partial charge in [-0.15, -0.1) is 0 Å². The minimum Gasteiger partial charge on any atom is -0.396 e. The SMILES string of the molecule is Cc1ccnc(NCCOCCC(C)C)c1N. The lowest BCUT2D eigenvalue weighted by molar-refractivity contribution is 0.132. The zero-order chi connectivity index (χ0) is 12.7. The molecule has 0 saturated carbocycles. The second-order valence-corrected chi connectivity index (χ2v) is 4.61. The minimum absolute atomic E-state index is 0.682. The van der Waals surface area contributed by atoms with Crippen molar-refractivity contribution in [3.63, 3.8) is 0 Å². The number of hydrogen-bond donors (Lipinski definition) is 2. The number of rotatable bonds is 7. The van der Waals surface area contributed by atoms with Gasteiger partial charge in [0.05, 0.1) is 12.3 Å². The number of aromatic nitrogens is 1. The van der Waals surface area contributed by atoms with Crippen molar-refractivity contribution in [3.05, 3.63) is 17.8 Å². The Hall–Kier alpha value is -1.29. The maximum absolute atomic E-state index is 5.90. The molecule has 0 aliphatic carbocycles. The monoisotopic (exact) mass is 237 g/mol. The lowest BCUT2D eigenvalue weighted by atomic mass is 10.1. The maximum atomic E-state index is 5.90. The van der Waals surface area contributed by atoms with Gasteiger partial charge in [-0.25, -0.2) is 4.98 Å². The Bertz CT molecular complexity index is 339. The van der Waals surface area contributed by atoms with Gasteiger partial charge in [0.1, 0.15) is 5.82 Å². The third-order valence-electron chi connectivity index (χ3n) is 2.59. The standard InChI is InChI=1S/C13H23N3O/c1-10(2)5-8-17-9-7-16-13-12(14)11(3)4-6-15-13/h4,6,10H,5,7-9,14H2,1-3H3,(H,15,16). The highest BCUT2D eigenvalue weighted by molar-refractivity contribution is 5.64. The first-order valence-electron chi connectivity index (χ1n) is 6.14. The van der Waals surface area contributed by atoms with Crippen LogP contribution in [-0.2, 0) is 4.74 Å². The summed E-state index contributed by atoms with van der Waals surface area (Å²) in [5, 5.41) is 3.18. The number of ether oxygens (including phenoxy) is 1. The summed E-state index contributed by atoms with van der Waals surface area (Å²) >= 11 is 0. The summed E-state index contributed by atoms with van der Waals surface area (Å²) in [6.45, 7) is 8.59. The Morgan fingerprint density at radius 3 is 2.88 bits per heavy atom. The summed E-state index contributed by atoms with van der Waals surface area (Å²) in [5.74, 6) is 1.44. The normalized spacial score (nSPS) is 10.8. The van der Waals surface area contributed by atoms with Crippen LogP contribution >= 0.6 is 0 Å². The molecule has 1 heterocycles. The number of nitrogens with zero attached hydrogens (tertiary/aromatic N) is 1. The average Bonchev–Trinajstić information content (AvgIpc) is 2.28. The molecule has 4 nitrogen and oxygen atoms in total. The van der Waals surface area contributed by atoms with E-state index in [1.807, 2.05) is 13.0 Å². The number of nitrogens with one attached hydrogen (secondary N) is 1. The van der Waals surface area contributed by atoms with Crippen molar-refractivity contribution in [2.75, 3.05) is 30.8 Å². The maximum Gasteiger partial charge on any atom is 0.149 e. The molecule has 0 saturated heterocycles. The van der Waals surface area contributed by atoms with Crippen LogP contribution in [0.25, 0.3) is 0 Å². The predicted octanol–water partition coefficient (Wildman–Crippen LogP) is 2.45. The lowest BCUT2D eigenvalue weighted by Crippen LogP contribution is -2.13. The van der Waals surface area contributed by atoms with Crippen molar-refractivity contribution < 1.29 is 4.74 Å². The van der Waals surface area contributed by atoms with Crippen molar-refractivity contribution >= 4 is 11.5 Å². The zero-order valence-electron chi connectivity index (χ0n) is 11.0. The molecular weight excluding hydrogens is 214 g/mol. The molecule has 1 rings (SSSR count). The van der Waals surface area contributed by atoms with Crippen LogP contribution in [0.1, 0.15) is 25.8 Å². The van der Waals surface area contributed by atoms with E-state index in [9.17, 15) is 0 Å². The molecule has 0 spiro atoms. The van der Waals surface area contributed by atoms with Gasteiger partial charge < -0.3 is 15.8 Å². The van der Waals surface area contributed by atoms with E-state index in [-0.39, 0.29) is 0 Å². The van der Waals surface area contributed by atoms with E-state index < -0.39 is 0 Å². The Morgan fingerprint density at radius 1 is 1.41 bits per heavy atom. The second kappa shape index (κ2) is 7.12. The summed E-state index contributed by atoms with van der Waals surface area (Å²) in [6, 6.07) is 1.90.